The second-order valence-electron chi connectivity index (χ2n) is 3.69. The van der Waals surface area contributed by atoms with Crippen LogP contribution in [0.25, 0.3) is 0 Å². The Bertz CT molecular complexity index is 219. The zero-order valence-corrected chi connectivity index (χ0v) is 9.32. The molecule has 2 atom stereocenters. The molecule has 0 bridgehead atoms. The summed E-state index contributed by atoms with van der Waals surface area (Å²) >= 11 is 0. The summed E-state index contributed by atoms with van der Waals surface area (Å²) in [7, 11) is 0. The number of carboxylic acids is 1. The van der Waals surface area contributed by atoms with Gasteiger partial charge in [0.25, 0.3) is 0 Å². The van der Waals surface area contributed by atoms with E-state index in [1.165, 1.54) is 0 Å². The summed E-state index contributed by atoms with van der Waals surface area (Å²) in [5, 5.41) is 11.3. The number of rotatable bonds is 7. The van der Waals surface area contributed by atoms with Gasteiger partial charge >= 0.3 is 5.97 Å². The van der Waals surface area contributed by atoms with Crippen molar-refractivity contribution in [3.63, 3.8) is 0 Å². The fraction of sp³-hybridized carbons (Fsp3) is 0.800. The van der Waals surface area contributed by atoms with Crippen LogP contribution in [0.4, 0.5) is 0 Å². The highest BCUT2D eigenvalue weighted by molar-refractivity contribution is 5.81. The number of aliphatic carboxylic acids is 1. The van der Waals surface area contributed by atoms with E-state index in [2.05, 4.69) is 5.32 Å². The Morgan fingerprint density at radius 2 is 2.07 bits per heavy atom. The molecular formula is C10H20N2O3. The predicted octanol–water partition coefficient (Wildman–Crippen LogP) is 0.341. The van der Waals surface area contributed by atoms with E-state index in [1.807, 2.05) is 6.92 Å². The lowest BCUT2D eigenvalue weighted by Crippen LogP contribution is -2.40. The Kier molecular flexibility index (Phi) is 6.70. The number of amides is 1. The van der Waals surface area contributed by atoms with Crippen LogP contribution in [-0.2, 0) is 9.59 Å². The molecule has 0 aliphatic heterocycles. The first-order chi connectivity index (χ1) is 6.99. The van der Waals surface area contributed by atoms with Crippen molar-refractivity contribution in [2.75, 3.05) is 6.54 Å². The van der Waals surface area contributed by atoms with E-state index in [-0.39, 0.29) is 11.8 Å². The maximum absolute atomic E-state index is 11.2. The summed E-state index contributed by atoms with van der Waals surface area (Å²) < 4.78 is 0. The van der Waals surface area contributed by atoms with E-state index in [1.54, 1.807) is 6.92 Å². The van der Waals surface area contributed by atoms with Gasteiger partial charge in [0.1, 0.15) is 0 Å². The highest BCUT2D eigenvalue weighted by Crippen LogP contribution is 2.04. The summed E-state index contributed by atoms with van der Waals surface area (Å²) in [6.45, 7) is 3.99. The van der Waals surface area contributed by atoms with Gasteiger partial charge in [-0.2, -0.15) is 0 Å². The molecule has 0 spiro atoms. The average Bonchev–Trinajstić information content (AvgIpc) is 2.22. The SMILES string of the molecule is CCC(N)C(=O)NCCCC(C)C(=O)O. The molecule has 4 N–H and O–H groups in total. The largest absolute Gasteiger partial charge is 0.481 e. The van der Waals surface area contributed by atoms with E-state index in [9.17, 15) is 9.59 Å². The molecule has 0 saturated heterocycles. The fourth-order valence-electron chi connectivity index (χ4n) is 1.06. The summed E-state index contributed by atoms with van der Waals surface area (Å²) in [4.78, 5) is 21.7. The Balaban J connectivity index is 3.54. The minimum Gasteiger partial charge on any atom is -0.481 e. The van der Waals surface area contributed by atoms with Crippen LogP contribution in [0.2, 0.25) is 0 Å². The van der Waals surface area contributed by atoms with Crippen molar-refractivity contribution in [2.24, 2.45) is 11.7 Å². The average molecular weight is 216 g/mol. The maximum Gasteiger partial charge on any atom is 0.306 e. The van der Waals surface area contributed by atoms with Crippen LogP contribution < -0.4 is 11.1 Å². The van der Waals surface area contributed by atoms with Crippen molar-refractivity contribution in [2.45, 2.75) is 39.2 Å². The van der Waals surface area contributed by atoms with Gasteiger partial charge in [-0.15, -0.1) is 0 Å². The summed E-state index contributed by atoms with van der Waals surface area (Å²) in [5.41, 5.74) is 5.50. The quantitative estimate of drug-likeness (QED) is 0.535. The van der Waals surface area contributed by atoms with Gasteiger partial charge in [-0.3, -0.25) is 9.59 Å². The van der Waals surface area contributed by atoms with Crippen LogP contribution in [0.3, 0.4) is 0 Å². The molecule has 1 amide bonds. The van der Waals surface area contributed by atoms with Crippen LogP contribution >= 0.6 is 0 Å². The molecule has 0 aromatic heterocycles. The van der Waals surface area contributed by atoms with E-state index in [4.69, 9.17) is 10.8 Å². The fourth-order valence-corrected chi connectivity index (χ4v) is 1.06. The van der Waals surface area contributed by atoms with Crippen LogP contribution in [0, 0.1) is 5.92 Å². The topological polar surface area (TPSA) is 92.4 Å². The monoisotopic (exact) mass is 216 g/mol. The van der Waals surface area contributed by atoms with E-state index in [0.29, 0.717) is 25.8 Å². The van der Waals surface area contributed by atoms with E-state index in [0.717, 1.165) is 0 Å². The molecule has 0 fully saturated rings. The van der Waals surface area contributed by atoms with Crippen molar-refractivity contribution < 1.29 is 14.7 Å². The van der Waals surface area contributed by atoms with Gasteiger partial charge in [0, 0.05) is 6.54 Å². The zero-order chi connectivity index (χ0) is 11.8. The van der Waals surface area contributed by atoms with Gasteiger partial charge < -0.3 is 16.2 Å². The van der Waals surface area contributed by atoms with Gasteiger partial charge in [0.2, 0.25) is 5.91 Å². The van der Waals surface area contributed by atoms with Crippen molar-refractivity contribution in [3.05, 3.63) is 0 Å². The summed E-state index contributed by atoms with van der Waals surface area (Å²) in [6.07, 6.45) is 1.84. The molecule has 5 heteroatoms. The molecule has 0 rings (SSSR count). The van der Waals surface area contributed by atoms with Crippen LogP contribution in [0.1, 0.15) is 33.1 Å². The molecule has 0 aliphatic rings. The van der Waals surface area contributed by atoms with Crippen molar-refractivity contribution in [1.29, 1.82) is 0 Å². The maximum atomic E-state index is 11.2. The number of nitrogens with one attached hydrogen (secondary N) is 1. The first-order valence-corrected chi connectivity index (χ1v) is 5.25. The molecule has 15 heavy (non-hydrogen) atoms. The molecule has 0 radical (unpaired) electrons. The lowest BCUT2D eigenvalue weighted by atomic mass is 10.1. The third-order valence-electron chi connectivity index (χ3n) is 2.31. The smallest absolute Gasteiger partial charge is 0.306 e. The van der Waals surface area contributed by atoms with Crippen LogP contribution in [-0.4, -0.2) is 29.6 Å². The van der Waals surface area contributed by atoms with Crippen LogP contribution in [0.15, 0.2) is 0 Å². The van der Waals surface area contributed by atoms with Crippen molar-refractivity contribution in [3.8, 4) is 0 Å². The Labute approximate surface area is 90.0 Å². The second kappa shape index (κ2) is 7.23. The molecule has 88 valence electrons. The van der Waals surface area contributed by atoms with Crippen molar-refractivity contribution in [1.82, 2.24) is 5.32 Å². The highest BCUT2D eigenvalue weighted by atomic mass is 16.4. The van der Waals surface area contributed by atoms with Gasteiger partial charge in [-0.1, -0.05) is 13.8 Å². The first kappa shape index (κ1) is 13.9. The predicted molar refractivity (Wildman–Crippen MR) is 57.3 cm³/mol. The van der Waals surface area contributed by atoms with Gasteiger partial charge in [-0.05, 0) is 19.3 Å². The molecule has 0 aliphatic carbocycles. The molecule has 5 nitrogen and oxygen atoms in total. The molecule has 0 aromatic rings. The number of hydrogen-bond donors (Lipinski definition) is 3. The number of hydrogen-bond acceptors (Lipinski definition) is 3. The number of nitrogens with two attached hydrogens (primary N) is 1. The van der Waals surface area contributed by atoms with Gasteiger partial charge in [0.05, 0.1) is 12.0 Å². The van der Waals surface area contributed by atoms with E-state index < -0.39 is 12.0 Å². The minimum absolute atomic E-state index is 0.166. The van der Waals surface area contributed by atoms with E-state index >= 15 is 0 Å². The van der Waals surface area contributed by atoms with Gasteiger partial charge in [0.15, 0.2) is 0 Å². The molecular weight excluding hydrogens is 196 g/mol. The number of carboxylic acid groups (broad SMARTS) is 1. The lowest BCUT2D eigenvalue weighted by molar-refractivity contribution is -0.141. The standard InChI is InChI=1S/C10H20N2O3/c1-3-8(11)9(13)12-6-4-5-7(2)10(14)15/h7-8H,3-6,11H2,1-2H3,(H,12,13)(H,14,15). The number of carbonyl (C=O) groups is 2. The molecule has 0 heterocycles. The third-order valence-corrected chi connectivity index (χ3v) is 2.31. The Hall–Kier alpha value is -1.10. The molecule has 2 unspecified atom stereocenters. The van der Waals surface area contributed by atoms with Crippen molar-refractivity contribution >= 4 is 11.9 Å². The normalized spacial score (nSPS) is 14.3. The van der Waals surface area contributed by atoms with Crippen LogP contribution in [0.5, 0.6) is 0 Å². The summed E-state index contributed by atoms with van der Waals surface area (Å²) in [5.74, 6) is -1.33. The summed E-state index contributed by atoms with van der Waals surface area (Å²) in [6, 6.07) is -0.457. The molecule has 0 saturated carbocycles. The number of carbonyl (C=O) groups excluding carboxylic acids is 1. The highest BCUT2D eigenvalue weighted by Gasteiger charge is 2.12. The first-order valence-electron chi connectivity index (χ1n) is 5.25. The Morgan fingerprint density at radius 1 is 1.47 bits per heavy atom. The third kappa shape index (κ3) is 6.06. The Morgan fingerprint density at radius 3 is 2.53 bits per heavy atom. The molecule has 0 aromatic carbocycles. The second-order valence-corrected chi connectivity index (χ2v) is 3.69. The minimum atomic E-state index is -0.799. The zero-order valence-electron chi connectivity index (χ0n) is 9.32. The lowest BCUT2D eigenvalue weighted by Gasteiger charge is -2.10. The van der Waals surface area contributed by atoms with Gasteiger partial charge in [-0.25, -0.2) is 0 Å².